The molecule has 1 N–H and O–H groups in total. The molecule has 3 rings (SSSR count). The lowest BCUT2D eigenvalue weighted by atomic mass is 9.71. The highest BCUT2D eigenvalue weighted by atomic mass is 15.3. The van der Waals surface area contributed by atoms with Gasteiger partial charge in [-0.25, -0.2) is 0 Å². The van der Waals surface area contributed by atoms with Crippen LogP contribution in [-0.4, -0.2) is 23.4 Å². The van der Waals surface area contributed by atoms with Gasteiger partial charge in [0.05, 0.1) is 11.7 Å². The second kappa shape index (κ2) is 5.43. The zero-order chi connectivity index (χ0) is 12.4. The third kappa shape index (κ3) is 2.46. The van der Waals surface area contributed by atoms with E-state index in [9.17, 15) is 0 Å². The van der Waals surface area contributed by atoms with Crippen molar-refractivity contribution in [1.29, 1.82) is 0 Å². The first-order valence-electron chi connectivity index (χ1n) is 7.55. The molecule has 100 valence electrons. The summed E-state index contributed by atoms with van der Waals surface area (Å²) in [6, 6.07) is 2.93. The summed E-state index contributed by atoms with van der Waals surface area (Å²) in [6.07, 6.45) is 11.6. The van der Waals surface area contributed by atoms with E-state index in [1.807, 2.05) is 0 Å². The van der Waals surface area contributed by atoms with Crippen molar-refractivity contribution in [3.05, 3.63) is 18.0 Å². The topological polar surface area (TPSA) is 29.9 Å². The summed E-state index contributed by atoms with van der Waals surface area (Å²) in [5.74, 6) is 1.75. The van der Waals surface area contributed by atoms with Crippen molar-refractivity contribution in [1.82, 2.24) is 15.1 Å². The smallest absolute Gasteiger partial charge is 0.0627 e. The Morgan fingerprint density at radius 1 is 1.22 bits per heavy atom. The van der Waals surface area contributed by atoms with Gasteiger partial charge < -0.3 is 5.32 Å². The Kier molecular flexibility index (Phi) is 3.69. The van der Waals surface area contributed by atoms with Gasteiger partial charge >= 0.3 is 0 Å². The Morgan fingerprint density at radius 3 is 2.67 bits per heavy atom. The lowest BCUT2D eigenvalue weighted by molar-refractivity contribution is 0.172. The average molecular weight is 247 g/mol. The molecule has 2 unspecified atom stereocenters. The van der Waals surface area contributed by atoms with E-state index >= 15 is 0 Å². The lowest BCUT2D eigenvalue weighted by Gasteiger charge is -2.36. The maximum atomic E-state index is 4.80. The summed E-state index contributed by atoms with van der Waals surface area (Å²) < 4.78 is 2.23. The summed E-state index contributed by atoms with van der Waals surface area (Å²) in [4.78, 5) is 0. The van der Waals surface area contributed by atoms with E-state index in [1.165, 1.54) is 57.2 Å². The Labute approximate surface area is 110 Å². The number of rotatable bonds is 5. The molecule has 2 atom stereocenters. The molecule has 1 aromatic rings. The van der Waals surface area contributed by atoms with Gasteiger partial charge in [0.1, 0.15) is 0 Å². The Morgan fingerprint density at radius 2 is 2.00 bits per heavy atom. The molecule has 0 radical (unpaired) electrons. The highest BCUT2D eigenvalue weighted by molar-refractivity contribution is 5.03. The molecule has 0 saturated heterocycles. The number of hydrogen-bond acceptors (Lipinski definition) is 2. The second-order valence-corrected chi connectivity index (χ2v) is 6.08. The van der Waals surface area contributed by atoms with Crippen LogP contribution in [0.3, 0.4) is 0 Å². The van der Waals surface area contributed by atoms with Gasteiger partial charge in [-0.1, -0.05) is 12.8 Å². The summed E-state index contributed by atoms with van der Waals surface area (Å²) in [5, 5.41) is 8.11. The van der Waals surface area contributed by atoms with E-state index < -0.39 is 0 Å². The van der Waals surface area contributed by atoms with Crippen molar-refractivity contribution < 1.29 is 0 Å². The third-order valence-electron chi connectivity index (χ3n) is 4.87. The monoisotopic (exact) mass is 247 g/mol. The Balaban J connectivity index is 1.56. The van der Waals surface area contributed by atoms with Crippen LogP contribution in [0.25, 0.3) is 0 Å². The number of nitrogens with one attached hydrogen (secondary N) is 1. The van der Waals surface area contributed by atoms with Crippen LogP contribution in [0.4, 0.5) is 0 Å². The Hall–Kier alpha value is -0.830. The molecule has 2 fully saturated rings. The van der Waals surface area contributed by atoms with Crippen molar-refractivity contribution in [3.8, 4) is 0 Å². The molecule has 18 heavy (non-hydrogen) atoms. The first-order chi connectivity index (χ1) is 8.86. The molecule has 0 spiro atoms. The van der Waals surface area contributed by atoms with E-state index in [2.05, 4.69) is 29.3 Å². The minimum atomic E-state index is 0.688. The van der Waals surface area contributed by atoms with Gasteiger partial charge in [-0.15, -0.1) is 0 Å². The zero-order valence-electron chi connectivity index (χ0n) is 11.4. The summed E-state index contributed by atoms with van der Waals surface area (Å²) >= 11 is 0. The Bertz CT molecular complexity index is 379. The van der Waals surface area contributed by atoms with Gasteiger partial charge in [-0.3, -0.25) is 4.68 Å². The van der Waals surface area contributed by atoms with Gasteiger partial charge in [-0.05, 0) is 63.6 Å². The van der Waals surface area contributed by atoms with Crippen LogP contribution in [0.15, 0.2) is 12.3 Å². The van der Waals surface area contributed by atoms with Crippen LogP contribution >= 0.6 is 0 Å². The molecule has 0 bridgehead atoms. The maximum absolute atomic E-state index is 4.80. The molecular formula is C15H25N3. The number of aromatic nitrogens is 2. The van der Waals surface area contributed by atoms with Crippen LogP contribution in [0.2, 0.25) is 0 Å². The molecule has 1 heterocycles. The summed E-state index contributed by atoms with van der Waals surface area (Å²) in [6.45, 7) is 1.17. The van der Waals surface area contributed by atoms with Crippen molar-refractivity contribution >= 4 is 0 Å². The summed E-state index contributed by atoms with van der Waals surface area (Å²) in [7, 11) is 2.06. The standard InChI is InChI=1S/C15H25N3/c1-16-11-13-7-6-12(13)10-14-8-9-18(17-14)15-4-2-3-5-15/h8-9,12-13,15-16H,2-7,10-11H2,1H3. The SMILES string of the molecule is CNCC1CCC1Cc1ccn(C2CCCC2)n1. The predicted molar refractivity (Wildman–Crippen MR) is 73.6 cm³/mol. The van der Waals surface area contributed by atoms with Gasteiger partial charge in [0.25, 0.3) is 0 Å². The first kappa shape index (κ1) is 12.2. The zero-order valence-corrected chi connectivity index (χ0v) is 11.4. The fraction of sp³-hybridized carbons (Fsp3) is 0.800. The molecular weight excluding hydrogens is 222 g/mol. The molecule has 0 aliphatic heterocycles. The van der Waals surface area contributed by atoms with E-state index in [0.717, 1.165) is 11.8 Å². The van der Waals surface area contributed by atoms with Crippen LogP contribution in [0.5, 0.6) is 0 Å². The molecule has 3 nitrogen and oxygen atoms in total. The van der Waals surface area contributed by atoms with Crippen LogP contribution in [0, 0.1) is 11.8 Å². The molecule has 0 aromatic carbocycles. The van der Waals surface area contributed by atoms with Crippen molar-refractivity contribution in [2.75, 3.05) is 13.6 Å². The molecule has 2 saturated carbocycles. The maximum Gasteiger partial charge on any atom is 0.0627 e. The number of hydrogen-bond donors (Lipinski definition) is 1. The van der Waals surface area contributed by atoms with Crippen molar-refractivity contribution in [2.45, 2.75) is 51.0 Å². The number of nitrogens with zero attached hydrogens (tertiary/aromatic N) is 2. The lowest BCUT2D eigenvalue weighted by Crippen LogP contribution is -2.35. The van der Waals surface area contributed by atoms with Crippen molar-refractivity contribution in [2.24, 2.45) is 11.8 Å². The highest BCUT2D eigenvalue weighted by Gasteiger charge is 2.30. The van der Waals surface area contributed by atoms with Gasteiger partial charge in [-0.2, -0.15) is 5.10 Å². The molecule has 2 aliphatic carbocycles. The van der Waals surface area contributed by atoms with Crippen LogP contribution in [0.1, 0.15) is 50.3 Å². The quantitative estimate of drug-likeness (QED) is 0.867. The molecule has 1 aromatic heterocycles. The fourth-order valence-electron chi connectivity index (χ4n) is 3.56. The van der Waals surface area contributed by atoms with E-state index in [0.29, 0.717) is 6.04 Å². The predicted octanol–water partition coefficient (Wildman–Crippen LogP) is 2.79. The first-order valence-corrected chi connectivity index (χ1v) is 7.55. The molecule has 0 amide bonds. The molecule has 2 aliphatic rings. The van der Waals surface area contributed by atoms with Gasteiger partial charge in [0.15, 0.2) is 0 Å². The largest absolute Gasteiger partial charge is 0.319 e. The third-order valence-corrected chi connectivity index (χ3v) is 4.87. The van der Waals surface area contributed by atoms with Crippen LogP contribution < -0.4 is 5.32 Å². The van der Waals surface area contributed by atoms with Gasteiger partial charge in [0, 0.05) is 6.20 Å². The van der Waals surface area contributed by atoms with Crippen molar-refractivity contribution in [3.63, 3.8) is 0 Å². The summed E-state index contributed by atoms with van der Waals surface area (Å²) in [5.41, 5.74) is 1.31. The van der Waals surface area contributed by atoms with E-state index in [-0.39, 0.29) is 0 Å². The highest BCUT2D eigenvalue weighted by Crippen LogP contribution is 2.36. The minimum Gasteiger partial charge on any atom is -0.319 e. The average Bonchev–Trinajstić information content (AvgIpc) is 3.01. The fourth-order valence-corrected chi connectivity index (χ4v) is 3.56. The van der Waals surface area contributed by atoms with Crippen LogP contribution in [-0.2, 0) is 6.42 Å². The second-order valence-electron chi connectivity index (χ2n) is 6.08. The molecule has 3 heteroatoms. The van der Waals surface area contributed by atoms with E-state index in [4.69, 9.17) is 5.10 Å². The minimum absolute atomic E-state index is 0.688. The normalized spacial score (nSPS) is 28.5. The van der Waals surface area contributed by atoms with E-state index in [1.54, 1.807) is 0 Å². The van der Waals surface area contributed by atoms with Gasteiger partial charge in [0.2, 0.25) is 0 Å².